The van der Waals surface area contributed by atoms with Crippen LogP contribution in [0.2, 0.25) is 0 Å². The van der Waals surface area contributed by atoms with Gasteiger partial charge >= 0.3 is 18.2 Å². The molecule has 9 nitrogen and oxygen atoms in total. The summed E-state index contributed by atoms with van der Waals surface area (Å²) in [6.07, 6.45) is -3.44. The van der Waals surface area contributed by atoms with Gasteiger partial charge in [-0.05, 0) is 63.1 Å². The molecule has 1 aliphatic heterocycles. The maximum atomic E-state index is 13.2. The number of anilines is 3. The van der Waals surface area contributed by atoms with Crippen LogP contribution < -0.4 is 10.2 Å². The SMILES string of the molecule is COC(=O)CC(C)c1ccc(N(CC(C)C)C2CCN(C(=O)OC(C)(C)C)CC2)c(Nc2nc(C(F)(F)F)ns2)c1. The van der Waals surface area contributed by atoms with E-state index in [-0.39, 0.29) is 41.5 Å². The molecule has 1 unspecified atom stereocenters. The Hall–Kier alpha value is -3.09. The minimum Gasteiger partial charge on any atom is -0.469 e. The van der Waals surface area contributed by atoms with Crippen molar-refractivity contribution in [2.75, 3.05) is 37.0 Å². The van der Waals surface area contributed by atoms with Gasteiger partial charge in [-0.25, -0.2) is 4.79 Å². The monoisotopic (exact) mass is 599 g/mol. The van der Waals surface area contributed by atoms with Gasteiger partial charge in [0, 0.05) is 37.2 Å². The van der Waals surface area contributed by atoms with E-state index in [9.17, 15) is 22.8 Å². The Morgan fingerprint density at radius 3 is 2.37 bits per heavy atom. The zero-order valence-corrected chi connectivity index (χ0v) is 25.5. The summed E-state index contributed by atoms with van der Waals surface area (Å²) in [6, 6.07) is 5.79. The van der Waals surface area contributed by atoms with Crippen molar-refractivity contribution in [2.24, 2.45) is 5.92 Å². The molecule has 1 aromatic carbocycles. The predicted molar refractivity (Wildman–Crippen MR) is 153 cm³/mol. The summed E-state index contributed by atoms with van der Waals surface area (Å²) in [5, 5.41) is 3.09. The molecule has 2 aromatic rings. The first-order chi connectivity index (χ1) is 19.1. The summed E-state index contributed by atoms with van der Waals surface area (Å²) < 4.78 is 53.4. The molecular formula is C28H40F3N5O4S. The summed E-state index contributed by atoms with van der Waals surface area (Å²) in [5.41, 5.74) is 1.61. The Labute approximate surface area is 243 Å². The highest BCUT2D eigenvalue weighted by Crippen LogP contribution is 2.38. The number of hydrogen-bond donors (Lipinski definition) is 1. The number of likely N-dealkylation sites (tertiary alicyclic amines) is 1. The highest BCUT2D eigenvalue weighted by molar-refractivity contribution is 7.09. The van der Waals surface area contributed by atoms with Gasteiger partial charge in [0.2, 0.25) is 11.0 Å². The topological polar surface area (TPSA) is 96.9 Å². The third kappa shape index (κ3) is 9.20. The second kappa shape index (κ2) is 13.3. The second-order valence-electron chi connectivity index (χ2n) is 11.7. The first-order valence-electron chi connectivity index (χ1n) is 13.7. The van der Waals surface area contributed by atoms with Crippen LogP contribution in [-0.4, -0.2) is 64.7 Å². The van der Waals surface area contributed by atoms with Gasteiger partial charge in [-0.3, -0.25) is 4.79 Å². The van der Waals surface area contributed by atoms with Gasteiger partial charge < -0.3 is 24.6 Å². The normalized spacial score (nSPS) is 15.5. The van der Waals surface area contributed by atoms with E-state index < -0.39 is 17.6 Å². The zero-order valence-electron chi connectivity index (χ0n) is 24.7. The number of carbonyl (C=O) groups excluding carboxylic acids is 2. The molecule has 13 heteroatoms. The highest BCUT2D eigenvalue weighted by Gasteiger charge is 2.36. The third-order valence-electron chi connectivity index (χ3n) is 6.64. The van der Waals surface area contributed by atoms with E-state index in [1.807, 2.05) is 45.9 Å². The molecule has 0 spiro atoms. The summed E-state index contributed by atoms with van der Waals surface area (Å²) in [4.78, 5) is 32.2. The van der Waals surface area contributed by atoms with Crippen molar-refractivity contribution >= 4 is 40.1 Å². The van der Waals surface area contributed by atoms with E-state index in [2.05, 4.69) is 33.4 Å². The molecule has 2 heterocycles. The number of aromatic nitrogens is 2. The lowest BCUT2D eigenvalue weighted by atomic mass is 9.95. The molecule has 1 fully saturated rings. The maximum absolute atomic E-state index is 13.2. The fourth-order valence-corrected chi connectivity index (χ4v) is 5.29. The molecule has 1 N–H and O–H groups in total. The number of hydrogen-bond acceptors (Lipinski definition) is 9. The first kappa shape index (κ1) is 32.4. The van der Waals surface area contributed by atoms with Crippen molar-refractivity contribution < 1.29 is 32.2 Å². The van der Waals surface area contributed by atoms with Crippen LogP contribution in [0.3, 0.4) is 0 Å². The second-order valence-corrected chi connectivity index (χ2v) is 12.5. The molecule has 0 aliphatic carbocycles. The van der Waals surface area contributed by atoms with E-state index in [0.29, 0.717) is 49.7 Å². The number of benzene rings is 1. The van der Waals surface area contributed by atoms with Gasteiger partial charge in [0.15, 0.2) is 0 Å². The number of ether oxygens (including phenoxy) is 2. The number of nitrogens with one attached hydrogen (secondary N) is 1. The standard InChI is InChI=1S/C28H40F3N5O4S/c1-17(2)16-36(20-10-12-35(13-11-20)26(38)40-27(4,5)6)22-9-8-19(18(3)14-23(37)39-7)15-21(22)32-25-33-24(34-41-25)28(29,30)31/h8-9,15,17-18,20H,10-14,16H2,1-7H3,(H,32,33,34). The quantitative estimate of drug-likeness (QED) is 0.314. The van der Waals surface area contributed by atoms with Crippen molar-refractivity contribution in [3.8, 4) is 0 Å². The maximum Gasteiger partial charge on any atom is 0.452 e. The molecule has 1 aromatic heterocycles. The molecule has 0 saturated carbocycles. The van der Waals surface area contributed by atoms with Crippen molar-refractivity contribution in [2.45, 2.75) is 84.5 Å². The van der Waals surface area contributed by atoms with Crippen LogP contribution in [0.15, 0.2) is 18.2 Å². The highest BCUT2D eigenvalue weighted by atomic mass is 32.1. The predicted octanol–water partition coefficient (Wildman–Crippen LogP) is 6.83. The molecular weight excluding hydrogens is 559 g/mol. The number of methoxy groups -OCH3 is 1. The zero-order chi connectivity index (χ0) is 30.5. The lowest BCUT2D eigenvalue weighted by Crippen LogP contribution is -2.49. The summed E-state index contributed by atoms with van der Waals surface area (Å²) >= 11 is 0.635. The lowest BCUT2D eigenvalue weighted by Gasteiger charge is -2.41. The Morgan fingerprint density at radius 2 is 1.83 bits per heavy atom. The van der Waals surface area contributed by atoms with Gasteiger partial charge in [-0.1, -0.05) is 26.8 Å². The summed E-state index contributed by atoms with van der Waals surface area (Å²) in [6.45, 7) is 13.3. The molecule has 0 radical (unpaired) electrons. The van der Waals surface area contributed by atoms with Crippen LogP contribution in [0, 0.1) is 5.92 Å². The molecule has 1 aliphatic rings. The van der Waals surface area contributed by atoms with Crippen LogP contribution in [0.1, 0.15) is 78.1 Å². The average Bonchev–Trinajstić information content (AvgIpc) is 3.35. The molecule has 1 amide bonds. The Bertz CT molecular complexity index is 1190. The van der Waals surface area contributed by atoms with Gasteiger partial charge in [-0.15, -0.1) is 0 Å². The van der Waals surface area contributed by atoms with Crippen LogP contribution in [0.4, 0.5) is 34.5 Å². The molecule has 0 bridgehead atoms. The fraction of sp³-hybridized carbons (Fsp3) is 0.643. The number of halogens is 3. The number of nitrogens with zero attached hydrogens (tertiary/aromatic N) is 4. The van der Waals surface area contributed by atoms with Crippen molar-refractivity contribution in [1.29, 1.82) is 0 Å². The van der Waals surface area contributed by atoms with Gasteiger partial charge in [0.25, 0.3) is 0 Å². The molecule has 1 saturated heterocycles. The van der Waals surface area contributed by atoms with Crippen molar-refractivity contribution in [3.05, 3.63) is 29.6 Å². The molecule has 41 heavy (non-hydrogen) atoms. The Balaban J connectivity index is 1.94. The Morgan fingerprint density at radius 1 is 1.17 bits per heavy atom. The molecule has 228 valence electrons. The first-order valence-corrected chi connectivity index (χ1v) is 14.5. The van der Waals surface area contributed by atoms with E-state index in [1.54, 1.807) is 4.90 Å². The number of rotatable bonds is 9. The summed E-state index contributed by atoms with van der Waals surface area (Å²) in [7, 11) is 1.33. The number of piperidine rings is 1. The third-order valence-corrected chi connectivity index (χ3v) is 7.27. The number of esters is 1. The Kier molecular flexibility index (Phi) is 10.5. The van der Waals surface area contributed by atoms with Gasteiger partial charge in [0.1, 0.15) is 5.60 Å². The van der Waals surface area contributed by atoms with Gasteiger partial charge in [-0.2, -0.15) is 22.5 Å². The fourth-order valence-electron chi connectivity index (χ4n) is 4.69. The minimum atomic E-state index is -4.65. The summed E-state index contributed by atoms with van der Waals surface area (Å²) in [5.74, 6) is -1.46. The van der Waals surface area contributed by atoms with E-state index in [1.165, 1.54) is 7.11 Å². The van der Waals surface area contributed by atoms with Crippen molar-refractivity contribution in [1.82, 2.24) is 14.3 Å². The van der Waals surface area contributed by atoms with E-state index in [0.717, 1.165) is 11.3 Å². The van der Waals surface area contributed by atoms with E-state index >= 15 is 0 Å². The molecule has 3 rings (SSSR count). The average molecular weight is 600 g/mol. The van der Waals surface area contributed by atoms with Crippen LogP contribution >= 0.6 is 11.5 Å². The van der Waals surface area contributed by atoms with E-state index in [4.69, 9.17) is 9.47 Å². The molecule has 1 atom stereocenters. The minimum absolute atomic E-state index is 0.0144. The van der Waals surface area contributed by atoms with Crippen LogP contribution in [0.5, 0.6) is 0 Å². The smallest absolute Gasteiger partial charge is 0.452 e. The number of amides is 1. The van der Waals surface area contributed by atoms with Crippen molar-refractivity contribution in [3.63, 3.8) is 0 Å². The lowest BCUT2D eigenvalue weighted by molar-refractivity contribution is -0.144. The van der Waals surface area contributed by atoms with Gasteiger partial charge in [0.05, 0.1) is 24.9 Å². The number of carbonyl (C=O) groups is 2. The van der Waals surface area contributed by atoms with Crippen LogP contribution in [-0.2, 0) is 20.4 Å². The number of alkyl halides is 3. The largest absolute Gasteiger partial charge is 0.469 e. The van der Waals surface area contributed by atoms with Crippen LogP contribution in [0.25, 0.3) is 0 Å².